The summed E-state index contributed by atoms with van der Waals surface area (Å²) in [5, 5.41) is 9.10. The summed E-state index contributed by atoms with van der Waals surface area (Å²) in [5.74, 6) is 0. The highest BCUT2D eigenvalue weighted by atomic mass is 15.1. The van der Waals surface area contributed by atoms with Crippen molar-refractivity contribution in [3.63, 3.8) is 0 Å². The maximum absolute atomic E-state index is 9.10. The lowest BCUT2D eigenvalue weighted by Gasteiger charge is -2.25. The van der Waals surface area contributed by atoms with E-state index in [1.807, 2.05) is 49.4 Å². The number of benzene rings is 3. The van der Waals surface area contributed by atoms with Crippen LogP contribution < -0.4 is 4.90 Å². The van der Waals surface area contributed by atoms with Crippen molar-refractivity contribution in [2.45, 2.75) is 13.3 Å². The van der Waals surface area contributed by atoms with Crippen LogP contribution in [0.2, 0.25) is 0 Å². The van der Waals surface area contributed by atoms with E-state index in [9.17, 15) is 0 Å². The molecule has 0 bridgehead atoms. The Morgan fingerprint density at radius 1 is 0.800 bits per heavy atom. The average molecular weight is 324 g/mol. The molecule has 0 heterocycles. The van der Waals surface area contributed by atoms with Crippen LogP contribution in [-0.2, 0) is 0 Å². The first-order valence-corrected chi connectivity index (χ1v) is 8.43. The second-order valence-electron chi connectivity index (χ2n) is 5.73. The van der Waals surface area contributed by atoms with Gasteiger partial charge in [-0.05, 0) is 54.5 Å². The molecule has 3 aromatic carbocycles. The van der Waals surface area contributed by atoms with Crippen LogP contribution in [0.4, 0.5) is 17.1 Å². The molecule has 0 fully saturated rings. The molecule has 122 valence electrons. The summed E-state index contributed by atoms with van der Waals surface area (Å²) >= 11 is 0. The lowest BCUT2D eigenvalue weighted by Crippen LogP contribution is -2.09. The molecule has 0 aromatic heterocycles. The third-order valence-electron chi connectivity index (χ3n) is 4.05. The van der Waals surface area contributed by atoms with E-state index >= 15 is 0 Å². The van der Waals surface area contributed by atoms with Crippen LogP contribution in [0.5, 0.6) is 0 Å². The molecule has 25 heavy (non-hydrogen) atoms. The molecule has 3 rings (SSSR count). The zero-order chi connectivity index (χ0) is 17.5. The van der Waals surface area contributed by atoms with E-state index in [2.05, 4.69) is 59.5 Å². The van der Waals surface area contributed by atoms with Gasteiger partial charge in [-0.3, -0.25) is 0 Å². The Balaban J connectivity index is 2.00. The van der Waals surface area contributed by atoms with Gasteiger partial charge in [-0.2, -0.15) is 5.26 Å². The van der Waals surface area contributed by atoms with Gasteiger partial charge in [0.25, 0.3) is 0 Å². The molecule has 0 amide bonds. The number of anilines is 3. The van der Waals surface area contributed by atoms with E-state index in [-0.39, 0.29) is 0 Å². The predicted octanol–water partition coefficient (Wildman–Crippen LogP) is 6.47. The average Bonchev–Trinajstić information content (AvgIpc) is 2.69. The normalized spacial score (nSPS) is 11.0. The molecule has 0 unspecified atom stereocenters. The van der Waals surface area contributed by atoms with E-state index in [1.165, 1.54) is 0 Å². The SMILES string of the molecule is CC/C(C#N)=C/c1ccc(N(c2ccccc2)c2ccccc2)cc1. The summed E-state index contributed by atoms with van der Waals surface area (Å²) < 4.78 is 0. The minimum Gasteiger partial charge on any atom is -0.311 e. The van der Waals surface area contributed by atoms with E-state index in [4.69, 9.17) is 5.26 Å². The minimum absolute atomic E-state index is 0.748. The van der Waals surface area contributed by atoms with Gasteiger partial charge < -0.3 is 4.90 Å². The first-order chi connectivity index (χ1) is 12.3. The molecular formula is C23H20N2. The van der Waals surface area contributed by atoms with Crippen molar-refractivity contribution in [1.82, 2.24) is 0 Å². The van der Waals surface area contributed by atoms with Crippen molar-refractivity contribution in [3.05, 3.63) is 96.1 Å². The minimum atomic E-state index is 0.748. The maximum atomic E-state index is 9.10. The summed E-state index contributed by atoms with van der Waals surface area (Å²) in [6.07, 6.45) is 2.69. The Labute approximate surface area is 149 Å². The van der Waals surface area contributed by atoms with Gasteiger partial charge in [0.1, 0.15) is 0 Å². The molecule has 0 saturated heterocycles. The Hall–Kier alpha value is -3.31. The molecule has 2 nitrogen and oxygen atoms in total. The van der Waals surface area contributed by atoms with Gasteiger partial charge in [0, 0.05) is 22.6 Å². The summed E-state index contributed by atoms with van der Waals surface area (Å²) in [7, 11) is 0. The van der Waals surface area contributed by atoms with Gasteiger partial charge in [0.15, 0.2) is 0 Å². The highest BCUT2D eigenvalue weighted by Gasteiger charge is 2.11. The third kappa shape index (κ3) is 3.97. The number of hydrogen-bond donors (Lipinski definition) is 0. The molecule has 0 aliphatic carbocycles. The number of nitrogens with zero attached hydrogens (tertiary/aromatic N) is 2. The number of allylic oxidation sites excluding steroid dienone is 1. The second-order valence-corrected chi connectivity index (χ2v) is 5.73. The molecule has 0 atom stereocenters. The predicted molar refractivity (Wildman–Crippen MR) is 105 cm³/mol. The van der Waals surface area contributed by atoms with Crippen molar-refractivity contribution in [2.24, 2.45) is 0 Å². The van der Waals surface area contributed by atoms with Gasteiger partial charge >= 0.3 is 0 Å². The van der Waals surface area contributed by atoms with E-state index in [0.717, 1.165) is 34.6 Å². The summed E-state index contributed by atoms with van der Waals surface area (Å²) in [6.45, 7) is 2.00. The van der Waals surface area contributed by atoms with E-state index < -0.39 is 0 Å². The van der Waals surface area contributed by atoms with Crippen molar-refractivity contribution in [1.29, 1.82) is 5.26 Å². The quantitative estimate of drug-likeness (QED) is 0.503. The standard InChI is InChI=1S/C23H20N2/c1-2-19(18-24)17-20-13-15-23(16-14-20)25(21-9-5-3-6-10-21)22-11-7-4-8-12-22/h3-17H,2H2,1H3/b19-17-. The Morgan fingerprint density at radius 2 is 1.28 bits per heavy atom. The van der Waals surface area contributed by atoms with Crippen LogP contribution in [-0.4, -0.2) is 0 Å². The fourth-order valence-electron chi connectivity index (χ4n) is 2.74. The molecule has 0 aliphatic rings. The van der Waals surface area contributed by atoms with Crippen LogP contribution in [0.1, 0.15) is 18.9 Å². The Morgan fingerprint density at radius 3 is 1.72 bits per heavy atom. The second kappa shape index (κ2) is 7.99. The molecule has 2 heteroatoms. The zero-order valence-corrected chi connectivity index (χ0v) is 14.3. The van der Waals surface area contributed by atoms with Crippen molar-refractivity contribution in [3.8, 4) is 6.07 Å². The van der Waals surface area contributed by atoms with Gasteiger partial charge in [-0.1, -0.05) is 55.5 Å². The van der Waals surface area contributed by atoms with Crippen molar-refractivity contribution in [2.75, 3.05) is 4.90 Å². The van der Waals surface area contributed by atoms with Crippen LogP contribution in [0, 0.1) is 11.3 Å². The van der Waals surface area contributed by atoms with Crippen LogP contribution in [0.3, 0.4) is 0 Å². The maximum Gasteiger partial charge on any atom is 0.0947 e. The van der Waals surface area contributed by atoms with Gasteiger partial charge in [0.05, 0.1) is 6.07 Å². The fraction of sp³-hybridized carbons (Fsp3) is 0.0870. The van der Waals surface area contributed by atoms with Gasteiger partial charge in [-0.15, -0.1) is 0 Å². The molecular weight excluding hydrogens is 304 g/mol. The summed E-state index contributed by atoms with van der Waals surface area (Å²) in [4.78, 5) is 2.22. The molecule has 0 aliphatic heterocycles. The first kappa shape index (κ1) is 16.5. The number of para-hydroxylation sites is 2. The summed E-state index contributed by atoms with van der Waals surface area (Å²) in [5.41, 5.74) is 5.15. The zero-order valence-electron chi connectivity index (χ0n) is 14.3. The molecule has 0 N–H and O–H groups in total. The lowest BCUT2D eigenvalue weighted by molar-refractivity contribution is 1.16. The molecule has 0 spiro atoms. The number of hydrogen-bond acceptors (Lipinski definition) is 2. The lowest BCUT2D eigenvalue weighted by atomic mass is 10.1. The Bertz CT molecular complexity index is 833. The first-order valence-electron chi connectivity index (χ1n) is 8.43. The van der Waals surface area contributed by atoms with Crippen LogP contribution in [0.15, 0.2) is 90.5 Å². The van der Waals surface area contributed by atoms with Gasteiger partial charge in [0.2, 0.25) is 0 Å². The fourth-order valence-corrected chi connectivity index (χ4v) is 2.74. The van der Waals surface area contributed by atoms with Crippen LogP contribution in [0.25, 0.3) is 6.08 Å². The van der Waals surface area contributed by atoms with E-state index in [0.29, 0.717) is 0 Å². The number of nitriles is 1. The largest absolute Gasteiger partial charge is 0.311 e. The monoisotopic (exact) mass is 324 g/mol. The van der Waals surface area contributed by atoms with Crippen molar-refractivity contribution < 1.29 is 0 Å². The smallest absolute Gasteiger partial charge is 0.0947 e. The van der Waals surface area contributed by atoms with Gasteiger partial charge in [-0.25, -0.2) is 0 Å². The highest BCUT2D eigenvalue weighted by Crippen LogP contribution is 2.34. The van der Waals surface area contributed by atoms with Crippen molar-refractivity contribution >= 4 is 23.1 Å². The number of rotatable bonds is 5. The van der Waals surface area contributed by atoms with E-state index in [1.54, 1.807) is 0 Å². The highest BCUT2D eigenvalue weighted by molar-refractivity contribution is 5.77. The molecule has 0 saturated carbocycles. The third-order valence-corrected chi connectivity index (χ3v) is 4.05. The Kier molecular flexibility index (Phi) is 5.29. The topological polar surface area (TPSA) is 27.0 Å². The van der Waals surface area contributed by atoms with Crippen LogP contribution >= 0.6 is 0 Å². The summed E-state index contributed by atoms with van der Waals surface area (Å²) in [6, 6.07) is 31.2. The molecule has 3 aromatic rings. The molecule has 0 radical (unpaired) electrons.